The second kappa shape index (κ2) is 6.78. The first-order valence-electron chi connectivity index (χ1n) is 6.15. The number of hydrogen-bond donors (Lipinski definition) is 1. The lowest BCUT2D eigenvalue weighted by Gasteiger charge is -2.20. The van der Waals surface area contributed by atoms with Crippen LogP contribution in [0.1, 0.15) is 29.3 Å². The van der Waals surface area contributed by atoms with Crippen molar-refractivity contribution in [1.29, 1.82) is 0 Å². The number of aryl methyl sites for hydroxylation is 1. The zero-order valence-corrected chi connectivity index (χ0v) is 11.5. The molecule has 0 aromatic heterocycles. The van der Waals surface area contributed by atoms with E-state index in [4.69, 9.17) is 0 Å². The summed E-state index contributed by atoms with van der Waals surface area (Å²) in [6.45, 7) is 4.39. The number of methoxy groups -OCH3 is 1. The number of aromatic hydroxyl groups is 1. The molecule has 1 aromatic carbocycles. The van der Waals surface area contributed by atoms with Crippen molar-refractivity contribution in [2.24, 2.45) is 0 Å². The molecule has 0 atom stereocenters. The van der Waals surface area contributed by atoms with Crippen LogP contribution in [0.2, 0.25) is 0 Å². The van der Waals surface area contributed by atoms with Crippen LogP contribution < -0.4 is 0 Å². The van der Waals surface area contributed by atoms with Crippen molar-refractivity contribution in [3.63, 3.8) is 0 Å². The number of amides is 1. The Bertz CT molecular complexity index is 471. The lowest BCUT2D eigenvalue weighted by Crippen LogP contribution is -2.33. The number of benzene rings is 1. The molecule has 19 heavy (non-hydrogen) atoms. The SMILES string of the molecule is CCN(CCC(=O)OC)C(=O)c1ccc(C)cc1O. The molecular formula is C14H19NO4. The molecule has 104 valence electrons. The third kappa shape index (κ3) is 3.98. The Kier molecular flexibility index (Phi) is 5.36. The quantitative estimate of drug-likeness (QED) is 0.823. The largest absolute Gasteiger partial charge is 0.507 e. The summed E-state index contributed by atoms with van der Waals surface area (Å²) in [5.41, 5.74) is 1.13. The average Bonchev–Trinajstić information content (AvgIpc) is 2.38. The van der Waals surface area contributed by atoms with Gasteiger partial charge in [-0.3, -0.25) is 9.59 Å². The topological polar surface area (TPSA) is 66.8 Å². The van der Waals surface area contributed by atoms with E-state index in [1.807, 2.05) is 13.8 Å². The molecule has 5 heteroatoms. The van der Waals surface area contributed by atoms with Crippen LogP contribution in [0.4, 0.5) is 0 Å². The number of rotatable bonds is 5. The maximum Gasteiger partial charge on any atom is 0.307 e. The van der Waals surface area contributed by atoms with Crippen LogP contribution in [-0.4, -0.2) is 42.1 Å². The van der Waals surface area contributed by atoms with Gasteiger partial charge in [0.25, 0.3) is 5.91 Å². The summed E-state index contributed by atoms with van der Waals surface area (Å²) in [5.74, 6) is -0.690. The Morgan fingerprint density at radius 2 is 2.05 bits per heavy atom. The van der Waals surface area contributed by atoms with Crippen LogP contribution in [0.5, 0.6) is 5.75 Å². The molecule has 1 N–H and O–H groups in total. The minimum Gasteiger partial charge on any atom is -0.507 e. The lowest BCUT2D eigenvalue weighted by atomic mass is 10.1. The molecule has 1 amide bonds. The summed E-state index contributed by atoms with van der Waals surface area (Å²) < 4.78 is 4.54. The molecule has 0 aliphatic carbocycles. The monoisotopic (exact) mass is 265 g/mol. The Hall–Kier alpha value is -2.04. The molecule has 0 heterocycles. The molecular weight excluding hydrogens is 246 g/mol. The van der Waals surface area contributed by atoms with E-state index in [0.717, 1.165) is 5.56 Å². The van der Waals surface area contributed by atoms with Gasteiger partial charge in [-0.15, -0.1) is 0 Å². The number of esters is 1. The Balaban J connectivity index is 2.80. The van der Waals surface area contributed by atoms with Gasteiger partial charge in [-0.25, -0.2) is 0 Å². The molecule has 0 spiro atoms. The molecule has 1 aromatic rings. The number of carbonyl (C=O) groups excluding carboxylic acids is 2. The van der Waals surface area contributed by atoms with Gasteiger partial charge in [-0.1, -0.05) is 6.07 Å². The lowest BCUT2D eigenvalue weighted by molar-refractivity contribution is -0.140. The van der Waals surface area contributed by atoms with E-state index in [0.29, 0.717) is 6.54 Å². The van der Waals surface area contributed by atoms with Crippen LogP contribution in [-0.2, 0) is 9.53 Å². The van der Waals surface area contributed by atoms with Crippen molar-refractivity contribution in [3.8, 4) is 5.75 Å². The summed E-state index contributed by atoms with van der Waals surface area (Å²) in [6, 6.07) is 4.90. The van der Waals surface area contributed by atoms with Gasteiger partial charge in [0, 0.05) is 13.1 Å². The van der Waals surface area contributed by atoms with Gasteiger partial charge in [0.15, 0.2) is 0 Å². The third-order valence-electron chi connectivity index (χ3n) is 2.87. The van der Waals surface area contributed by atoms with Gasteiger partial charge in [-0.05, 0) is 31.5 Å². The van der Waals surface area contributed by atoms with Crippen LogP contribution >= 0.6 is 0 Å². The van der Waals surface area contributed by atoms with E-state index in [1.165, 1.54) is 12.0 Å². The highest BCUT2D eigenvalue weighted by Gasteiger charge is 2.18. The van der Waals surface area contributed by atoms with Crippen molar-refractivity contribution < 1.29 is 19.4 Å². The second-order valence-electron chi connectivity index (χ2n) is 4.23. The normalized spacial score (nSPS) is 10.1. The zero-order chi connectivity index (χ0) is 14.4. The molecule has 0 aliphatic heterocycles. The van der Waals surface area contributed by atoms with Crippen molar-refractivity contribution in [2.75, 3.05) is 20.2 Å². The summed E-state index contributed by atoms with van der Waals surface area (Å²) in [6.07, 6.45) is 0.142. The molecule has 0 saturated heterocycles. The van der Waals surface area contributed by atoms with E-state index in [-0.39, 0.29) is 36.2 Å². The first kappa shape index (κ1) is 15.0. The Labute approximate surface area is 112 Å². The van der Waals surface area contributed by atoms with E-state index in [9.17, 15) is 14.7 Å². The first-order valence-corrected chi connectivity index (χ1v) is 6.15. The van der Waals surface area contributed by atoms with Crippen molar-refractivity contribution in [1.82, 2.24) is 4.90 Å². The minimum atomic E-state index is -0.362. The second-order valence-corrected chi connectivity index (χ2v) is 4.23. The van der Waals surface area contributed by atoms with E-state index < -0.39 is 0 Å². The smallest absolute Gasteiger partial charge is 0.307 e. The molecule has 0 saturated carbocycles. The molecule has 0 unspecified atom stereocenters. The van der Waals surface area contributed by atoms with E-state index in [1.54, 1.807) is 18.2 Å². The summed E-state index contributed by atoms with van der Waals surface area (Å²) >= 11 is 0. The highest BCUT2D eigenvalue weighted by atomic mass is 16.5. The number of hydrogen-bond acceptors (Lipinski definition) is 4. The van der Waals surface area contributed by atoms with Crippen LogP contribution in [0.3, 0.4) is 0 Å². The summed E-state index contributed by atoms with van der Waals surface area (Å²) in [7, 11) is 1.31. The number of nitrogens with zero attached hydrogens (tertiary/aromatic N) is 1. The minimum absolute atomic E-state index is 0.0403. The predicted octanol–water partition coefficient (Wildman–Crippen LogP) is 1.73. The standard InChI is InChI=1S/C14H19NO4/c1-4-15(8-7-13(17)19-3)14(18)11-6-5-10(2)9-12(11)16/h5-6,9,16H,4,7-8H2,1-3H3. The van der Waals surface area contributed by atoms with Crippen molar-refractivity contribution >= 4 is 11.9 Å². The van der Waals surface area contributed by atoms with Gasteiger partial charge in [0.2, 0.25) is 0 Å². The van der Waals surface area contributed by atoms with Gasteiger partial charge in [0.1, 0.15) is 5.75 Å². The van der Waals surface area contributed by atoms with E-state index in [2.05, 4.69) is 4.74 Å². The molecule has 0 aliphatic rings. The van der Waals surface area contributed by atoms with Gasteiger partial charge in [-0.2, -0.15) is 0 Å². The highest BCUT2D eigenvalue weighted by molar-refractivity contribution is 5.97. The zero-order valence-electron chi connectivity index (χ0n) is 11.5. The fourth-order valence-corrected chi connectivity index (χ4v) is 1.72. The van der Waals surface area contributed by atoms with Crippen molar-refractivity contribution in [2.45, 2.75) is 20.3 Å². The molecule has 5 nitrogen and oxygen atoms in total. The molecule has 0 bridgehead atoms. The predicted molar refractivity (Wildman–Crippen MR) is 71.1 cm³/mol. The molecule has 0 fully saturated rings. The first-order chi connectivity index (χ1) is 8.99. The Morgan fingerprint density at radius 1 is 1.37 bits per heavy atom. The Morgan fingerprint density at radius 3 is 2.58 bits per heavy atom. The summed E-state index contributed by atoms with van der Waals surface area (Å²) in [4.78, 5) is 24.8. The molecule has 0 radical (unpaired) electrons. The maximum absolute atomic E-state index is 12.2. The van der Waals surface area contributed by atoms with Gasteiger partial charge >= 0.3 is 5.97 Å². The van der Waals surface area contributed by atoms with Gasteiger partial charge < -0.3 is 14.7 Å². The number of phenols is 1. The maximum atomic E-state index is 12.2. The van der Waals surface area contributed by atoms with E-state index >= 15 is 0 Å². The third-order valence-corrected chi connectivity index (χ3v) is 2.87. The highest BCUT2D eigenvalue weighted by Crippen LogP contribution is 2.20. The van der Waals surface area contributed by atoms with Crippen molar-refractivity contribution in [3.05, 3.63) is 29.3 Å². The molecule has 1 rings (SSSR count). The average molecular weight is 265 g/mol. The van der Waals surface area contributed by atoms with Crippen LogP contribution in [0.25, 0.3) is 0 Å². The van der Waals surface area contributed by atoms with Gasteiger partial charge in [0.05, 0.1) is 19.1 Å². The van der Waals surface area contributed by atoms with Crippen LogP contribution in [0.15, 0.2) is 18.2 Å². The number of ether oxygens (including phenoxy) is 1. The number of carbonyl (C=O) groups is 2. The van der Waals surface area contributed by atoms with Crippen LogP contribution in [0, 0.1) is 6.92 Å². The number of phenolic OH excluding ortho intramolecular Hbond substituents is 1. The fraction of sp³-hybridized carbons (Fsp3) is 0.429. The summed E-state index contributed by atoms with van der Waals surface area (Å²) in [5, 5.41) is 9.79. The fourth-order valence-electron chi connectivity index (χ4n) is 1.72.